The zero-order valence-corrected chi connectivity index (χ0v) is 14.9. The lowest BCUT2D eigenvalue weighted by atomic mass is 10.2. The second kappa shape index (κ2) is 9.52. The summed E-state index contributed by atoms with van der Waals surface area (Å²) in [5, 5.41) is 2.88. The molecule has 0 saturated carbocycles. The zero-order valence-electron chi connectivity index (χ0n) is 14.1. The van der Waals surface area contributed by atoms with Crippen LogP contribution in [-0.4, -0.2) is 51.7 Å². The summed E-state index contributed by atoms with van der Waals surface area (Å²) >= 11 is 0. The SMILES string of the molecule is CCN(CC)CCCCNC(=O)c1ccc(NS(C)(=O)=O)cc1. The number of amides is 1. The Bertz CT molecular complexity index is 581. The van der Waals surface area contributed by atoms with Crippen molar-refractivity contribution in [3.8, 4) is 0 Å². The minimum absolute atomic E-state index is 0.140. The molecule has 1 rings (SSSR count). The van der Waals surface area contributed by atoms with Gasteiger partial charge in [-0.25, -0.2) is 8.42 Å². The van der Waals surface area contributed by atoms with Crippen LogP contribution in [0.4, 0.5) is 5.69 Å². The topological polar surface area (TPSA) is 78.5 Å². The van der Waals surface area contributed by atoms with Gasteiger partial charge in [-0.2, -0.15) is 0 Å². The standard InChI is InChI=1S/C16H27N3O3S/c1-4-19(5-2)13-7-6-12-17-16(20)14-8-10-15(11-9-14)18-23(3,21)22/h8-11,18H,4-7,12-13H2,1-3H3,(H,17,20). The molecule has 0 unspecified atom stereocenters. The van der Waals surface area contributed by atoms with Gasteiger partial charge in [0.1, 0.15) is 0 Å². The average Bonchev–Trinajstić information content (AvgIpc) is 2.50. The lowest BCUT2D eigenvalue weighted by molar-refractivity contribution is 0.0952. The molecule has 7 heteroatoms. The predicted octanol–water partition coefficient (Wildman–Crippen LogP) is 1.91. The van der Waals surface area contributed by atoms with Crippen LogP contribution >= 0.6 is 0 Å². The highest BCUT2D eigenvalue weighted by atomic mass is 32.2. The van der Waals surface area contributed by atoms with Crippen LogP contribution in [-0.2, 0) is 10.0 Å². The molecule has 6 nitrogen and oxygen atoms in total. The minimum atomic E-state index is -3.30. The van der Waals surface area contributed by atoms with Crippen molar-refractivity contribution < 1.29 is 13.2 Å². The molecule has 0 aliphatic carbocycles. The third-order valence-electron chi connectivity index (χ3n) is 3.53. The van der Waals surface area contributed by atoms with E-state index in [2.05, 4.69) is 28.8 Å². The van der Waals surface area contributed by atoms with Gasteiger partial charge in [0.25, 0.3) is 5.91 Å². The van der Waals surface area contributed by atoms with E-state index in [1.54, 1.807) is 24.3 Å². The van der Waals surface area contributed by atoms with E-state index in [0.29, 0.717) is 17.8 Å². The molecule has 0 atom stereocenters. The van der Waals surface area contributed by atoms with Gasteiger partial charge in [-0.3, -0.25) is 9.52 Å². The van der Waals surface area contributed by atoms with Crippen LogP contribution in [0.2, 0.25) is 0 Å². The number of benzene rings is 1. The second-order valence-corrected chi connectivity index (χ2v) is 7.19. The number of carbonyl (C=O) groups is 1. The molecule has 0 aliphatic heterocycles. The van der Waals surface area contributed by atoms with Crippen LogP contribution in [0, 0.1) is 0 Å². The molecular formula is C16H27N3O3S. The first-order chi connectivity index (χ1) is 10.9. The fourth-order valence-corrected chi connectivity index (χ4v) is 2.77. The van der Waals surface area contributed by atoms with Crippen LogP contribution in [0.15, 0.2) is 24.3 Å². The summed E-state index contributed by atoms with van der Waals surface area (Å²) < 4.78 is 24.6. The van der Waals surface area contributed by atoms with Gasteiger partial charge in [0.05, 0.1) is 6.26 Å². The number of anilines is 1. The quantitative estimate of drug-likeness (QED) is 0.637. The number of unbranched alkanes of at least 4 members (excludes halogenated alkanes) is 1. The van der Waals surface area contributed by atoms with E-state index in [4.69, 9.17) is 0 Å². The zero-order chi connectivity index (χ0) is 17.3. The van der Waals surface area contributed by atoms with E-state index in [0.717, 1.165) is 38.7 Å². The smallest absolute Gasteiger partial charge is 0.251 e. The van der Waals surface area contributed by atoms with Crippen molar-refractivity contribution in [2.75, 3.05) is 37.2 Å². The van der Waals surface area contributed by atoms with Crippen molar-refractivity contribution in [1.29, 1.82) is 0 Å². The molecule has 1 amide bonds. The number of hydrogen-bond acceptors (Lipinski definition) is 4. The number of carbonyl (C=O) groups excluding carboxylic acids is 1. The van der Waals surface area contributed by atoms with Gasteiger partial charge in [0.2, 0.25) is 10.0 Å². The Morgan fingerprint density at radius 2 is 1.70 bits per heavy atom. The first-order valence-corrected chi connectivity index (χ1v) is 9.83. The van der Waals surface area contributed by atoms with Crippen molar-refractivity contribution in [3.63, 3.8) is 0 Å². The molecule has 0 bridgehead atoms. The summed E-state index contributed by atoms with van der Waals surface area (Å²) in [7, 11) is -3.30. The molecule has 1 aromatic rings. The summed E-state index contributed by atoms with van der Waals surface area (Å²) in [6, 6.07) is 6.38. The highest BCUT2D eigenvalue weighted by Crippen LogP contribution is 2.10. The van der Waals surface area contributed by atoms with Gasteiger partial charge < -0.3 is 10.2 Å². The number of sulfonamides is 1. The Morgan fingerprint density at radius 1 is 1.09 bits per heavy atom. The third-order valence-corrected chi connectivity index (χ3v) is 4.14. The van der Waals surface area contributed by atoms with Gasteiger partial charge in [-0.15, -0.1) is 0 Å². The van der Waals surface area contributed by atoms with E-state index in [1.165, 1.54) is 0 Å². The Hall–Kier alpha value is -1.60. The fourth-order valence-electron chi connectivity index (χ4n) is 2.21. The summed E-state index contributed by atoms with van der Waals surface area (Å²) in [6.07, 6.45) is 3.08. The van der Waals surface area contributed by atoms with E-state index in [1.807, 2.05) is 0 Å². The van der Waals surface area contributed by atoms with E-state index < -0.39 is 10.0 Å². The molecule has 23 heavy (non-hydrogen) atoms. The average molecular weight is 341 g/mol. The maximum atomic E-state index is 12.0. The first-order valence-electron chi connectivity index (χ1n) is 7.94. The van der Waals surface area contributed by atoms with E-state index in [9.17, 15) is 13.2 Å². The summed E-state index contributed by atoms with van der Waals surface area (Å²) in [5.74, 6) is -0.140. The molecule has 0 saturated heterocycles. The van der Waals surface area contributed by atoms with Crippen molar-refractivity contribution in [2.24, 2.45) is 0 Å². The highest BCUT2D eigenvalue weighted by Gasteiger charge is 2.06. The van der Waals surface area contributed by atoms with Crippen LogP contribution in [0.5, 0.6) is 0 Å². The maximum Gasteiger partial charge on any atom is 0.251 e. The molecule has 0 spiro atoms. The summed E-state index contributed by atoms with van der Waals surface area (Å²) in [6.45, 7) is 8.09. The van der Waals surface area contributed by atoms with Crippen molar-refractivity contribution in [2.45, 2.75) is 26.7 Å². The van der Waals surface area contributed by atoms with Crippen molar-refractivity contribution in [1.82, 2.24) is 10.2 Å². The van der Waals surface area contributed by atoms with Crippen molar-refractivity contribution >= 4 is 21.6 Å². The van der Waals surface area contributed by atoms with Crippen LogP contribution in [0.25, 0.3) is 0 Å². The Labute approximate surface area is 139 Å². The van der Waals surface area contributed by atoms with Gasteiger partial charge in [0.15, 0.2) is 0 Å². The second-order valence-electron chi connectivity index (χ2n) is 5.44. The monoisotopic (exact) mass is 341 g/mol. The van der Waals surface area contributed by atoms with Crippen LogP contribution in [0.3, 0.4) is 0 Å². The van der Waals surface area contributed by atoms with Gasteiger partial charge >= 0.3 is 0 Å². The largest absolute Gasteiger partial charge is 0.352 e. The molecule has 0 fully saturated rings. The van der Waals surface area contributed by atoms with Gasteiger partial charge in [-0.05, 0) is 56.7 Å². The molecule has 0 aliphatic rings. The Kier molecular flexibility index (Phi) is 8.05. The molecule has 1 aromatic carbocycles. The number of rotatable bonds is 10. The minimum Gasteiger partial charge on any atom is -0.352 e. The number of nitrogens with one attached hydrogen (secondary N) is 2. The van der Waals surface area contributed by atoms with Gasteiger partial charge in [-0.1, -0.05) is 13.8 Å². The predicted molar refractivity (Wildman–Crippen MR) is 94.3 cm³/mol. The molecule has 0 radical (unpaired) electrons. The molecule has 130 valence electrons. The van der Waals surface area contributed by atoms with Crippen LogP contribution in [0.1, 0.15) is 37.0 Å². The molecular weight excluding hydrogens is 314 g/mol. The van der Waals surface area contributed by atoms with E-state index in [-0.39, 0.29) is 5.91 Å². The molecule has 2 N–H and O–H groups in total. The number of hydrogen-bond donors (Lipinski definition) is 2. The lowest BCUT2D eigenvalue weighted by Gasteiger charge is -2.17. The Morgan fingerprint density at radius 3 is 2.22 bits per heavy atom. The van der Waals surface area contributed by atoms with Crippen molar-refractivity contribution in [3.05, 3.63) is 29.8 Å². The van der Waals surface area contributed by atoms with Crippen LogP contribution < -0.4 is 10.0 Å². The third kappa shape index (κ3) is 7.99. The van der Waals surface area contributed by atoms with Gasteiger partial charge in [0, 0.05) is 17.8 Å². The normalized spacial score (nSPS) is 11.5. The summed E-state index contributed by atoms with van der Waals surface area (Å²) in [4.78, 5) is 14.3. The molecule has 0 heterocycles. The Balaban J connectivity index is 2.35. The fraction of sp³-hybridized carbons (Fsp3) is 0.562. The van der Waals surface area contributed by atoms with E-state index >= 15 is 0 Å². The first kappa shape index (κ1) is 19.4. The molecule has 0 aromatic heterocycles. The summed E-state index contributed by atoms with van der Waals surface area (Å²) in [5.41, 5.74) is 0.969. The lowest BCUT2D eigenvalue weighted by Crippen LogP contribution is -2.27. The maximum absolute atomic E-state index is 12.0. The number of nitrogens with zero attached hydrogens (tertiary/aromatic N) is 1. The highest BCUT2D eigenvalue weighted by molar-refractivity contribution is 7.92.